The average molecular weight is 533 g/mol. The van der Waals surface area contributed by atoms with E-state index in [2.05, 4.69) is 0 Å². The predicted octanol–water partition coefficient (Wildman–Crippen LogP) is 9.33. The van der Waals surface area contributed by atoms with Crippen LogP contribution in [0.3, 0.4) is 0 Å². The van der Waals surface area contributed by atoms with Crippen LogP contribution in [0, 0.1) is 23.3 Å². The first-order valence-electron chi connectivity index (χ1n) is 12.6. The topological polar surface area (TPSA) is 0 Å². The fourth-order valence-corrected chi connectivity index (χ4v) is 4.65. The maximum absolute atomic E-state index is 15.2. The molecule has 0 spiro atoms. The Labute approximate surface area is 217 Å². The van der Waals surface area contributed by atoms with Gasteiger partial charge in [-0.15, -0.1) is 0 Å². The van der Waals surface area contributed by atoms with Gasteiger partial charge < -0.3 is 0 Å². The minimum absolute atomic E-state index is 0.0339. The standard InChI is InChI=1S/C31H27F7/c1-2-3-4-21-17-27(32)25(28(33)18-21)13-7-19-6-12-24-23(15-19)11-10-22(30(24)35)9-5-20-8-14-26(29(34)16-20)31(36,37)38/h6,8,10-12,14-18H,2-5,7,9,13H2,1H3. The van der Waals surface area contributed by atoms with Crippen molar-refractivity contribution in [1.82, 2.24) is 0 Å². The van der Waals surface area contributed by atoms with E-state index in [9.17, 15) is 26.3 Å². The Morgan fingerprint density at radius 2 is 1.24 bits per heavy atom. The molecule has 0 N–H and O–H groups in total. The molecule has 200 valence electrons. The van der Waals surface area contributed by atoms with Crippen molar-refractivity contribution in [3.05, 3.63) is 117 Å². The molecular weight excluding hydrogens is 505 g/mol. The Kier molecular flexibility index (Phi) is 8.44. The zero-order chi connectivity index (χ0) is 27.4. The number of unbranched alkanes of at least 4 members (excludes halogenated alkanes) is 1. The lowest BCUT2D eigenvalue weighted by Crippen LogP contribution is -2.08. The second-order valence-electron chi connectivity index (χ2n) is 9.55. The molecule has 0 saturated heterocycles. The number of rotatable bonds is 9. The summed E-state index contributed by atoms with van der Waals surface area (Å²) in [5.74, 6) is -2.92. The van der Waals surface area contributed by atoms with E-state index in [-0.39, 0.29) is 24.8 Å². The van der Waals surface area contributed by atoms with Crippen molar-refractivity contribution in [2.45, 2.75) is 58.0 Å². The van der Waals surface area contributed by atoms with Gasteiger partial charge in [-0.2, -0.15) is 13.2 Å². The summed E-state index contributed by atoms with van der Waals surface area (Å²) in [5, 5.41) is 0.989. The van der Waals surface area contributed by atoms with E-state index in [1.807, 2.05) is 6.92 Å². The van der Waals surface area contributed by atoms with E-state index in [0.29, 0.717) is 46.4 Å². The molecule has 7 heteroatoms. The Morgan fingerprint density at radius 3 is 1.89 bits per heavy atom. The average Bonchev–Trinajstić information content (AvgIpc) is 2.86. The number of alkyl halides is 3. The third kappa shape index (κ3) is 6.37. The van der Waals surface area contributed by atoms with Crippen molar-refractivity contribution >= 4 is 10.8 Å². The Balaban J connectivity index is 1.45. The minimum atomic E-state index is -4.77. The van der Waals surface area contributed by atoms with Crippen molar-refractivity contribution in [2.24, 2.45) is 0 Å². The van der Waals surface area contributed by atoms with Gasteiger partial charge in [0.25, 0.3) is 0 Å². The molecule has 0 aliphatic rings. The van der Waals surface area contributed by atoms with E-state index < -0.39 is 35.0 Å². The summed E-state index contributed by atoms with van der Waals surface area (Å²) >= 11 is 0. The van der Waals surface area contributed by atoms with Crippen molar-refractivity contribution in [1.29, 1.82) is 0 Å². The molecule has 4 rings (SSSR count). The largest absolute Gasteiger partial charge is 0.419 e. The minimum Gasteiger partial charge on any atom is -0.207 e. The highest BCUT2D eigenvalue weighted by Crippen LogP contribution is 2.32. The van der Waals surface area contributed by atoms with Crippen LogP contribution >= 0.6 is 0 Å². The zero-order valence-corrected chi connectivity index (χ0v) is 20.9. The maximum Gasteiger partial charge on any atom is 0.419 e. The lowest BCUT2D eigenvalue weighted by atomic mass is 9.96. The van der Waals surface area contributed by atoms with E-state index in [1.54, 1.807) is 30.3 Å². The SMILES string of the molecule is CCCCc1cc(F)c(CCc2ccc3c(F)c(CCc4ccc(C(F)(F)F)c(F)c4)ccc3c2)c(F)c1. The van der Waals surface area contributed by atoms with Gasteiger partial charge in [-0.3, -0.25) is 0 Å². The molecule has 0 nitrogen and oxygen atoms in total. The fourth-order valence-electron chi connectivity index (χ4n) is 4.65. The molecule has 38 heavy (non-hydrogen) atoms. The summed E-state index contributed by atoms with van der Waals surface area (Å²) in [6, 6.07) is 13.9. The molecule has 0 saturated carbocycles. The molecule has 0 atom stereocenters. The molecule has 0 unspecified atom stereocenters. The van der Waals surface area contributed by atoms with Gasteiger partial charge in [0.2, 0.25) is 0 Å². The van der Waals surface area contributed by atoms with Gasteiger partial charge in [-0.25, -0.2) is 17.6 Å². The number of hydrogen-bond donors (Lipinski definition) is 0. The molecule has 0 fully saturated rings. The van der Waals surface area contributed by atoms with Crippen LogP contribution in [0.1, 0.15) is 53.1 Å². The van der Waals surface area contributed by atoms with E-state index in [0.717, 1.165) is 24.5 Å². The lowest BCUT2D eigenvalue weighted by molar-refractivity contribution is -0.140. The van der Waals surface area contributed by atoms with Gasteiger partial charge in [0, 0.05) is 10.9 Å². The summed E-state index contributed by atoms with van der Waals surface area (Å²) in [6.45, 7) is 2.02. The number of benzene rings is 4. The highest BCUT2D eigenvalue weighted by atomic mass is 19.4. The maximum atomic E-state index is 15.2. The van der Waals surface area contributed by atoms with Crippen LogP contribution in [0.25, 0.3) is 10.8 Å². The first kappa shape index (κ1) is 27.7. The summed E-state index contributed by atoms with van der Waals surface area (Å²) in [4.78, 5) is 0. The highest BCUT2D eigenvalue weighted by molar-refractivity contribution is 5.84. The second-order valence-corrected chi connectivity index (χ2v) is 9.55. The Hall–Kier alpha value is -3.35. The molecule has 0 radical (unpaired) electrons. The summed E-state index contributed by atoms with van der Waals surface area (Å²) in [5.41, 5.74) is 0.848. The third-order valence-electron chi connectivity index (χ3n) is 6.80. The van der Waals surface area contributed by atoms with E-state index in [4.69, 9.17) is 0 Å². The lowest BCUT2D eigenvalue weighted by Gasteiger charge is -2.11. The Morgan fingerprint density at radius 1 is 0.605 bits per heavy atom. The van der Waals surface area contributed by atoms with Crippen molar-refractivity contribution in [3.8, 4) is 0 Å². The van der Waals surface area contributed by atoms with Crippen LogP contribution in [0.4, 0.5) is 30.7 Å². The summed E-state index contributed by atoms with van der Waals surface area (Å²) < 4.78 is 96.3. The van der Waals surface area contributed by atoms with Gasteiger partial charge in [0.15, 0.2) is 0 Å². The van der Waals surface area contributed by atoms with Crippen LogP contribution in [-0.2, 0) is 38.3 Å². The normalized spacial score (nSPS) is 11.9. The third-order valence-corrected chi connectivity index (χ3v) is 6.80. The first-order valence-corrected chi connectivity index (χ1v) is 12.6. The van der Waals surface area contributed by atoms with Gasteiger partial charge in [0.05, 0.1) is 5.56 Å². The van der Waals surface area contributed by atoms with Gasteiger partial charge in [-0.1, -0.05) is 49.7 Å². The fraction of sp³-hybridized carbons (Fsp3) is 0.290. The quantitative estimate of drug-likeness (QED) is 0.189. The molecule has 4 aromatic rings. The van der Waals surface area contributed by atoms with Crippen LogP contribution in [0.2, 0.25) is 0 Å². The van der Waals surface area contributed by atoms with Crippen LogP contribution < -0.4 is 0 Å². The zero-order valence-electron chi connectivity index (χ0n) is 20.9. The van der Waals surface area contributed by atoms with Crippen LogP contribution in [-0.4, -0.2) is 0 Å². The first-order chi connectivity index (χ1) is 18.1. The highest BCUT2D eigenvalue weighted by Gasteiger charge is 2.33. The van der Waals surface area contributed by atoms with E-state index in [1.165, 1.54) is 18.2 Å². The molecule has 0 heterocycles. The van der Waals surface area contributed by atoms with Crippen molar-refractivity contribution in [3.63, 3.8) is 0 Å². The molecule has 0 amide bonds. The number of hydrogen-bond acceptors (Lipinski definition) is 0. The van der Waals surface area contributed by atoms with Gasteiger partial charge in [-0.05, 0) is 90.4 Å². The number of aryl methyl sites for hydroxylation is 4. The predicted molar refractivity (Wildman–Crippen MR) is 135 cm³/mol. The van der Waals surface area contributed by atoms with Crippen LogP contribution in [0.5, 0.6) is 0 Å². The molecule has 4 aromatic carbocycles. The molecule has 0 aromatic heterocycles. The molecule has 0 bridgehead atoms. The number of fused-ring (bicyclic) bond motifs is 1. The summed E-state index contributed by atoms with van der Waals surface area (Å²) in [6.07, 6.45) is -1.44. The monoisotopic (exact) mass is 532 g/mol. The summed E-state index contributed by atoms with van der Waals surface area (Å²) in [7, 11) is 0. The molecular formula is C31H27F7. The molecule has 0 aliphatic heterocycles. The van der Waals surface area contributed by atoms with Gasteiger partial charge >= 0.3 is 6.18 Å². The van der Waals surface area contributed by atoms with Gasteiger partial charge in [0.1, 0.15) is 23.3 Å². The molecule has 0 aliphatic carbocycles. The smallest absolute Gasteiger partial charge is 0.207 e. The van der Waals surface area contributed by atoms with Crippen molar-refractivity contribution in [2.75, 3.05) is 0 Å². The second kappa shape index (κ2) is 11.6. The van der Waals surface area contributed by atoms with Crippen LogP contribution in [0.15, 0.2) is 60.7 Å². The Bertz CT molecular complexity index is 1410. The van der Waals surface area contributed by atoms with Crippen molar-refractivity contribution < 1.29 is 30.7 Å². The number of halogens is 7. The van der Waals surface area contributed by atoms with E-state index >= 15 is 4.39 Å².